The molecule has 1 unspecified atom stereocenters. The summed E-state index contributed by atoms with van der Waals surface area (Å²) in [6, 6.07) is 11.3. The van der Waals surface area contributed by atoms with Crippen LogP contribution in [0.15, 0.2) is 42.5 Å². The number of carbonyl (C=O) groups is 1. The van der Waals surface area contributed by atoms with Gasteiger partial charge in [0.2, 0.25) is 0 Å². The van der Waals surface area contributed by atoms with E-state index in [1.165, 1.54) is 12.1 Å². The molecule has 0 saturated heterocycles. The minimum absolute atomic E-state index is 0.0126. The molecule has 0 bridgehead atoms. The summed E-state index contributed by atoms with van der Waals surface area (Å²) in [6.07, 6.45) is -0.641. The molecule has 1 atom stereocenters. The lowest BCUT2D eigenvalue weighted by Gasteiger charge is -2.13. The second-order valence-electron chi connectivity index (χ2n) is 5.16. The Hall–Kier alpha value is -2.28. The van der Waals surface area contributed by atoms with E-state index in [1.54, 1.807) is 30.3 Å². The number of halogens is 1. The van der Waals surface area contributed by atoms with Gasteiger partial charge in [0, 0.05) is 18.1 Å². The van der Waals surface area contributed by atoms with E-state index in [-0.39, 0.29) is 11.3 Å². The number of aliphatic hydroxyl groups excluding tert-OH is 1. The van der Waals surface area contributed by atoms with Gasteiger partial charge in [0.1, 0.15) is 18.1 Å². The first-order valence-electron chi connectivity index (χ1n) is 7.37. The van der Waals surface area contributed by atoms with E-state index in [9.17, 15) is 15.0 Å². The van der Waals surface area contributed by atoms with Crippen LogP contribution in [0.25, 0.3) is 0 Å². The number of carbonyl (C=O) groups excluding carboxylic acids is 1. The van der Waals surface area contributed by atoms with Gasteiger partial charge < -0.3 is 26.0 Å². The van der Waals surface area contributed by atoms with Crippen LogP contribution < -0.4 is 15.8 Å². The summed E-state index contributed by atoms with van der Waals surface area (Å²) >= 11 is 5.80. The van der Waals surface area contributed by atoms with Gasteiger partial charge in [-0.25, -0.2) is 0 Å². The molecule has 128 valence electrons. The number of benzene rings is 2. The molecule has 0 heterocycles. The van der Waals surface area contributed by atoms with E-state index in [1.807, 2.05) is 0 Å². The fourth-order valence-corrected chi connectivity index (χ4v) is 2.21. The fraction of sp³-hybridized carbons (Fsp3) is 0.235. The fourth-order valence-electron chi connectivity index (χ4n) is 2.08. The molecule has 1 amide bonds. The summed E-state index contributed by atoms with van der Waals surface area (Å²) in [7, 11) is 0. The molecule has 24 heavy (non-hydrogen) atoms. The smallest absolute Gasteiger partial charge is 0.252 e. The highest BCUT2D eigenvalue weighted by atomic mass is 35.5. The average Bonchev–Trinajstić information content (AvgIpc) is 2.56. The first-order chi connectivity index (χ1) is 11.5. The summed E-state index contributed by atoms with van der Waals surface area (Å²) in [5.41, 5.74) is 5.94. The van der Waals surface area contributed by atoms with Gasteiger partial charge in [-0.3, -0.25) is 4.79 Å². The predicted molar refractivity (Wildman–Crippen MR) is 91.4 cm³/mol. The van der Waals surface area contributed by atoms with Crippen LogP contribution in [0.1, 0.15) is 22.0 Å². The monoisotopic (exact) mass is 350 g/mol. The minimum atomic E-state index is -0.720. The second-order valence-corrected chi connectivity index (χ2v) is 5.60. The second kappa shape index (κ2) is 8.54. The Balaban J connectivity index is 1.74. The van der Waals surface area contributed by atoms with Crippen molar-refractivity contribution in [3.05, 3.63) is 58.6 Å². The molecule has 0 aliphatic rings. The summed E-state index contributed by atoms with van der Waals surface area (Å²) in [4.78, 5) is 11.1. The Kier molecular flexibility index (Phi) is 6.43. The lowest BCUT2D eigenvalue weighted by molar-refractivity contribution is 0.0997. The molecule has 0 aromatic heterocycles. The van der Waals surface area contributed by atoms with Crippen molar-refractivity contribution in [1.82, 2.24) is 5.32 Å². The van der Waals surface area contributed by atoms with Gasteiger partial charge in [-0.2, -0.15) is 0 Å². The first-order valence-corrected chi connectivity index (χ1v) is 7.75. The van der Waals surface area contributed by atoms with Crippen molar-refractivity contribution in [1.29, 1.82) is 0 Å². The standard InChI is InChI=1S/C17H19ClN2O4/c18-12-3-1-11(2-4-12)16(22)10-20-7-8-24-13-5-6-15(21)14(9-13)17(19)23/h1-6,9,16,20-22H,7-8,10H2,(H2,19,23). The maximum atomic E-state index is 11.1. The van der Waals surface area contributed by atoms with Crippen LogP contribution in [0.2, 0.25) is 5.02 Å². The highest BCUT2D eigenvalue weighted by Gasteiger charge is 2.09. The summed E-state index contributed by atoms with van der Waals surface area (Å²) in [6.45, 7) is 1.20. The molecule has 0 fully saturated rings. The lowest BCUT2D eigenvalue weighted by atomic mass is 10.1. The number of phenols is 1. The van der Waals surface area contributed by atoms with Gasteiger partial charge in [-0.1, -0.05) is 23.7 Å². The number of rotatable bonds is 8. The van der Waals surface area contributed by atoms with Gasteiger partial charge in [0.05, 0.1) is 11.7 Å². The van der Waals surface area contributed by atoms with Crippen LogP contribution >= 0.6 is 11.6 Å². The molecule has 0 spiro atoms. The van der Waals surface area contributed by atoms with Crippen molar-refractivity contribution in [2.45, 2.75) is 6.10 Å². The van der Waals surface area contributed by atoms with Gasteiger partial charge >= 0.3 is 0 Å². The van der Waals surface area contributed by atoms with E-state index in [0.29, 0.717) is 30.5 Å². The molecule has 2 aromatic rings. The number of hydrogen-bond acceptors (Lipinski definition) is 5. The largest absolute Gasteiger partial charge is 0.507 e. The first kappa shape index (κ1) is 18.1. The van der Waals surface area contributed by atoms with Crippen LogP contribution in [0.4, 0.5) is 0 Å². The third-order valence-corrected chi connectivity index (χ3v) is 3.63. The number of amides is 1. The van der Waals surface area contributed by atoms with E-state index in [2.05, 4.69) is 5.32 Å². The quantitative estimate of drug-likeness (QED) is 0.544. The Morgan fingerprint density at radius 2 is 1.96 bits per heavy atom. The van der Waals surface area contributed by atoms with Crippen molar-refractivity contribution >= 4 is 17.5 Å². The van der Waals surface area contributed by atoms with Crippen molar-refractivity contribution in [2.75, 3.05) is 19.7 Å². The van der Waals surface area contributed by atoms with Gasteiger partial charge in [0.25, 0.3) is 5.91 Å². The van der Waals surface area contributed by atoms with E-state index in [0.717, 1.165) is 5.56 Å². The highest BCUT2D eigenvalue weighted by molar-refractivity contribution is 6.30. The minimum Gasteiger partial charge on any atom is -0.507 e. The number of hydrogen-bond donors (Lipinski definition) is 4. The molecular weight excluding hydrogens is 332 g/mol. The molecule has 0 aliphatic heterocycles. The number of aromatic hydroxyl groups is 1. The zero-order valence-electron chi connectivity index (χ0n) is 12.9. The Morgan fingerprint density at radius 3 is 2.62 bits per heavy atom. The van der Waals surface area contributed by atoms with E-state index < -0.39 is 12.0 Å². The van der Waals surface area contributed by atoms with Crippen LogP contribution in [-0.4, -0.2) is 35.8 Å². The summed E-state index contributed by atoms with van der Waals surface area (Å²) in [5.74, 6) is -0.470. The molecule has 7 heteroatoms. The topological polar surface area (TPSA) is 105 Å². The van der Waals surface area contributed by atoms with Crippen molar-refractivity contribution < 1.29 is 19.7 Å². The Morgan fingerprint density at radius 1 is 1.25 bits per heavy atom. The molecular formula is C17H19ClN2O4. The van der Waals surface area contributed by atoms with Gasteiger partial charge in [-0.05, 0) is 35.9 Å². The zero-order valence-corrected chi connectivity index (χ0v) is 13.7. The number of nitrogens with one attached hydrogen (secondary N) is 1. The summed E-state index contributed by atoms with van der Waals surface area (Å²) < 4.78 is 5.47. The molecule has 0 saturated carbocycles. The number of nitrogens with two attached hydrogens (primary N) is 1. The number of ether oxygens (including phenoxy) is 1. The Bertz CT molecular complexity index is 691. The number of aliphatic hydroxyl groups is 1. The predicted octanol–water partition coefficient (Wildman–Crippen LogP) is 1.85. The van der Waals surface area contributed by atoms with Crippen LogP contribution in [0.3, 0.4) is 0 Å². The Labute approximate surface area is 144 Å². The van der Waals surface area contributed by atoms with E-state index >= 15 is 0 Å². The van der Waals surface area contributed by atoms with Gasteiger partial charge in [-0.15, -0.1) is 0 Å². The maximum absolute atomic E-state index is 11.1. The van der Waals surface area contributed by atoms with Crippen molar-refractivity contribution in [3.63, 3.8) is 0 Å². The maximum Gasteiger partial charge on any atom is 0.252 e. The molecule has 0 aliphatic carbocycles. The third kappa shape index (κ3) is 5.13. The lowest BCUT2D eigenvalue weighted by Crippen LogP contribution is -2.26. The van der Waals surface area contributed by atoms with Crippen molar-refractivity contribution in [2.24, 2.45) is 5.73 Å². The van der Waals surface area contributed by atoms with Crippen LogP contribution in [0, 0.1) is 0 Å². The molecule has 2 rings (SSSR count). The zero-order chi connectivity index (χ0) is 17.5. The summed E-state index contributed by atoms with van der Waals surface area (Å²) in [5, 5.41) is 23.2. The molecule has 6 nitrogen and oxygen atoms in total. The highest BCUT2D eigenvalue weighted by Crippen LogP contribution is 2.22. The van der Waals surface area contributed by atoms with Gasteiger partial charge in [0.15, 0.2) is 0 Å². The van der Waals surface area contributed by atoms with Crippen LogP contribution in [-0.2, 0) is 0 Å². The van der Waals surface area contributed by atoms with Crippen molar-refractivity contribution in [3.8, 4) is 11.5 Å². The normalized spacial score (nSPS) is 11.9. The van der Waals surface area contributed by atoms with E-state index in [4.69, 9.17) is 22.1 Å². The van der Waals surface area contributed by atoms with Crippen LogP contribution in [0.5, 0.6) is 11.5 Å². The number of primary amides is 1. The molecule has 2 aromatic carbocycles. The molecule has 0 radical (unpaired) electrons. The SMILES string of the molecule is NC(=O)c1cc(OCCNCC(O)c2ccc(Cl)cc2)ccc1O. The average molecular weight is 351 g/mol. The molecule has 5 N–H and O–H groups in total. The third-order valence-electron chi connectivity index (χ3n) is 3.37.